The summed E-state index contributed by atoms with van der Waals surface area (Å²) in [5.74, 6) is -0.333. The van der Waals surface area contributed by atoms with Crippen LogP contribution in [0.25, 0.3) is 0 Å². The van der Waals surface area contributed by atoms with Gasteiger partial charge in [0.1, 0.15) is 0 Å². The molecule has 0 bridgehead atoms. The Balaban J connectivity index is 1.84. The van der Waals surface area contributed by atoms with Crippen LogP contribution in [0.5, 0.6) is 0 Å². The predicted molar refractivity (Wildman–Crippen MR) is 94.1 cm³/mol. The molecule has 0 aliphatic carbocycles. The Morgan fingerprint density at radius 1 is 0.667 bits per heavy atom. The molecule has 24 heavy (non-hydrogen) atoms. The molecule has 0 saturated carbocycles. The maximum Gasteiger partial charge on any atom is 0.421 e. The van der Waals surface area contributed by atoms with Crippen LogP contribution in [-0.4, -0.2) is 15.3 Å². The van der Waals surface area contributed by atoms with Gasteiger partial charge in [0.05, 0.1) is 0 Å². The van der Waals surface area contributed by atoms with Crippen LogP contribution < -0.4 is 5.19 Å². The second-order valence-electron chi connectivity index (χ2n) is 5.68. The van der Waals surface area contributed by atoms with Gasteiger partial charge in [-0.25, -0.2) is 4.79 Å². The third-order valence-electron chi connectivity index (χ3n) is 4.22. The van der Waals surface area contributed by atoms with Crippen molar-refractivity contribution in [1.29, 1.82) is 0 Å². The second kappa shape index (κ2) is 6.07. The van der Waals surface area contributed by atoms with Crippen molar-refractivity contribution in [3.05, 3.63) is 102 Å². The Labute approximate surface area is 142 Å². The molecule has 1 aliphatic heterocycles. The minimum absolute atomic E-state index is 0.333. The summed E-state index contributed by atoms with van der Waals surface area (Å²) in [7, 11) is -2.31. The summed E-state index contributed by atoms with van der Waals surface area (Å²) in [4.78, 5) is 13.0. The number of carbonyl (C=O) groups excluding carboxylic acids is 1. The molecule has 0 amide bonds. The van der Waals surface area contributed by atoms with Gasteiger partial charge in [0, 0.05) is 5.19 Å². The fourth-order valence-electron chi connectivity index (χ4n) is 3.04. The smallest absolute Gasteiger partial charge is 0.421 e. The molecule has 1 fully saturated rings. The van der Waals surface area contributed by atoms with Gasteiger partial charge in [-0.15, -0.1) is 0 Å². The highest BCUT2D eigenvalue weighted by atomic mass is 28.3. The lowest BCUT2D eigenvalue weighted by Gasteiger charge is -2.26. The Morgan fingerprint density at radius 3 is 1.62 bits per heavy atom. The summed E-state index contributed by atoms with van der Waals surface area (Å²) >= 11 is 0. The zero-order chi connectivity index (χ0) is 16.4. The summed E-state index contributed by atoms with van der Waals surface area (Å²) in [5.41, 5.74) is 0.411. The third-order valence-corrected chi connectivity index (χ3v) is 6.14. The quantitative estimate of drug-likeness (QED) is 0.692. The lowest BCUT2D eigenvalue weighted by molar-refractivity contribution is -0.141. The van der Waals surface area contributed by atoms with Crippen LogP contribution in [0.15, 0.2) is 91.0 Å². The van der Waals surface area contributed by atoms with Crippen molar-refractivity contribution in [2.45, 2.75) is 5.60 Å². The first-order valence-electron chi connectivity index (χ1n) is 7.85. The molecular formula is C20H16O3Si. The van der Waals surface area contributed by atoms with Gasteiger partial charge >= 0.3 is 15.3 Å². The molecule has 1 unspecified atom stereocenters. The Kier molecular flexibility index (Phi) is 3.76. The van der Waals surface area contributed by atoms with Crippen molar-refractivity contribution >= 4 is 20.4 Å². The molecule has 3 nitrogen and oxygen atoms in total. The molecule has 1 aliphatic rings. The average molecular weight is 332 g/mol. The minimum atomic E-state index is -2.31. The summed E-state index contributed by atoms with van der Waals surface area (Å²) in [5, 5.41) is 0.958. The first-order valence-corrected chi connectivity index (χ1v) is 9.37. The van der Waals surface area contributed by atoms with Crippen LogP contribution in [0.3, 0.4) is 0 Å². The minimum Gasteiger partial charge on any atom is -0.490 e. The van der Waals surface area contributed by atoms with E-state index in [-0.39, 0.29) is 5.97 Å². The number of carbonyl (C=O) groups is 1. The summed E-state index contributed by atoms with van der Waals surface area (Å²) in [6.45, 7) is 0. The lowest BCUT2D eigenvalue weighted by Crippen LogP contribution is -2.37. The molecule has 1 saturated heterocycles. The Morgan fingerprint density at radius 2 is 1.12 bits per heavy atom. The highest BCUT2D eigenvalue weighted by molar-refractivity contribution is 6.64. The number of hydrogen-bond donors (Lipinski definition) is 0. The molecule has 3 aromatic rings. The summed E-state index contributed by atoms with van der Waals surface area (Å²) < 4.78 is 12.1. The van der Waals surface area contributed by atoms with E-state index in [2.05, 4.69) is 0 Å². The van der Waals surface area contributed by atoms with Crippen LogP contribution >= 0.6 is 0 Å². The zero-order valence-corrected chi connectivity index (χ0v) is 14.1. The molecule has 0 aromatic heterocycles. The van der Waals surface area contributed by atoms with Gasteiger partial charge in [-0.2, -0.15) is 0 Å². The second-order valence-corrected chi connectivity index (χ2v) is 7.48. The molecular weight excluding hydrogens is 316 g/mol. The van der Waals surface area contributed by atoms with Crippen molar-refractivity contribution in [3.8, 4) is 0 Å². The topological polar surface area (TPSA) is 35.5 Å². The Hall–Kier alpha value is -2.69. The molecule has 4 heteroatoms. The van der Waals surface area contributed by atoms with E-state index in [1.165, 1.54) is 0 Å². The van der Waals surface area contributed by atoms with E-state index in [9.17, 15) is 4.79 Å². The standard InChI is InChI=1S/C20H16O3Si/c21-19-20(16-10-4-1-5-11-16,17-12-6-2-7-13-17)23-24(22-19)18-14-8-3-9-15-18/h1-15,24H. The molecule has 4 rings (SSSR count). The monoisotopic (exact) mass is 332 g/mol. The zero-order valence-electron chi connectivity index (χ0n) is 13.0. The first-order chi connectivity index (χ1) is 11.8. The van der Waals surface area contributed by atoms with E-state index in [4.69, 9.17) is 8.85 Å². The Bertz CT molecular complexity index is 795. The highest BCUT2D eigenvalue weighted by Gasteiger charge is 2.54. The molecule has 118 valence electrons. The van der Waals surface area contributed by atoms with Crippen LogP contribution in [0.4, 0.5) is 0 Å². The highest BCUT2D eigenvalue weighted by Crippen LogP contribution is 2.39. The van der Waals surface area contributed by atoms with E-state index in [0.29, 0.717) is 0 Å². The van der Waals surface area contributed by atoms with Crippen molar-refractivity contribution in [3.63, 3.8) is 0 Å². The molecule has 0 radical (unpaired) electrons. The van der Waals surface area contributed by atoms with Gasteiger partial charge < -0.3 is 8.85 Å². The maximum atomic E-state index is 13.0. The van der Waals surface area contributed by atoms with E-state index in [1.807, 2.05) is 91.0 Å². The van der Waals surface area contributed by atoms with Crippen LogP contribution in [0.1, 0.15) is 11.1 Å². The van der Waals surface area contributed by atoms with Crippen molar-refractivity contribution in [1.82, 2.24) is 0 Å². The fraction of sp³-hybridized carbons (Fsp3) is 0.0500. The average Bonchev–Trinajstić information content (AvgIpc) is 3.02. The predicted octanol–water partition coefficient (Wildman–Crippen LogP) is 2.63. The molecule has 0 spiro atoms. The fourth-order valence-corrected chi connectivity index (χ4v) is 4.95. The van der Waals surface area contributed by atoms with Gasteiger partial charge in [0.25, 0.3) is 0 Å². The van der Waals surface area contributed by atoms with Crippen LogP contribution in [-0.2, 0) is 19.2 Å². The number of hydrogen-bond acceptors (Lipinski definition) is 3. The van der Waals surface area contributed by atoms with Gasteiger partial charge in [0.15, 0.2) is 0 Å². The summed E-state index contributed by atoms with van der Waals surface area (Å²) in [6, 6.07) is 28.9. The third kappa shape index (κ3) is 2.36. The summed E-state index contributed by atoms with van der Waals surface area (Å²) in [6.07, 6.45) is 0. The van der Waals surface area contributed by atoms with E-state index < -0.39 is 14.9 Å². The lowest BCUT2D eigenvalue weighted by atomic mass is 9.86. The maximum absolute atomic E-state index is 13.0. The number of rotatable bonds is 3. The molecule has 1 atom stereocenters. The van der Waals surface area contributed by atoms with E-state index in [1.54, 1.807) is 0 Å². The molecule has 1 heterocycles. The van der Waals surface area contributed by atoms with Gasteiger partial charge in [-0.05, 0) is 11.1 Å². The largest absolute Gasteiger partial charge is 0.490 e. The van der Waals surface area contributed by atoms with Crippen LogP contribution in [0, 0.1) is 0 Å². The van der Waals surface area contributed by atoms with Crippen molar-refractivity contribution < 1.29 is 13.6 Å². The van der Waals surface area contributed by atoms with Gasteiger partial charge in [0.2, 0.25) is 5.60 Å². The first kappa shape index (κ1) is 14.9. The van der Waals surface area contributed by atoms with Crippen molar-refractivity contribution in [2.24, 2.45) is 0 Å². The molecule has 0 N–H and O–H groups in total. The van der Waals surface area contributed by atoms with Crippen LogP contribution in [0.2, 0.25) is 0 Å². The van der Waals surface area contributed by atoms with E-state index in [0.717, 1.165) is 16.3 Å². The van der Waals surface area contributed by atoms with Gasteiger partial charge in [-0.1, -0.05) is 91.0 Å². The van der Waals surface area contributed by atoms with Gasteiger partial charge in [-0.3, -0.25) is 0 Å². The SMILES string of the molecule is O=C1O[SiH](c2ccccc2)OC1(c1ccccc1)c1ccccc1. The number of benzene rings is 3. The van der Waals surface area contributed by atoms with Crippen molar-refractivity contribution in [2.75, 3.05) is 0 Å². The normalized spacial score (nSPS) is 19.0. The molecule has 3 aromatic carbocycles. The van der Waals surface area contributed by atoms with E-state index >= 15 is 0 Å².